The van der Waals surface area contributed by atoms with Gasteiger partial charge < -0.3 is 10.1 Å². The van der Waals surface area contributed by atoms with Crippen LogP contribution in [0.15, 0.2) is 51.4 Å². The molecule has 0 fully saturated rings. The summed E-state index contributed by atoms with van der Waals surface area (Å²) < 4.78 is 7.18. The number of ether oxygens (including phenoxy) is 1. The van der Waals surface area contributed by atoms with Crippen LogP contribution in [0.2, 0.25) is 0 Å². The van der Waals surface area contributed by atoms with Crippen molar-refractivity contribution >= 4 is 61.0 Å². The van der Waals surface area contributed by atoms with E-state index in [0.29, 0.717) is 18.6 Å². The Morgan fingerprint density at radius 2 is 1.79 bits per heavy atom. The van der Waals surface area contributed by atoms with Crippen molar-refractivity contribution in [3.05, 3.63) is 62.5 Å². The van der Waals surface area contributed by atoms with E-state index in [4.69, 9.17) is 17.0 Å². The summed E-state index contributed by atoms with van der Waals surface area (Å²) in [5, 5.41) is 2.54. The van der Waals surface area contributed by atoms with Crippen molar-refractivity contribution < 1.29 is 14.3 Å². The summed E-state index contributed by atoms with van der Waals surface area (Å²) in [7, 11) is 0. The molecule has 0 radical (unpaired) electrons. The predicted molar refractivity (Wildman–Crippen MR) is 119 cm³/mol. The van der Waals surface area contributed by atoms with Gasteiger partial charge in [0.1, 0.15) is 5.75 Å². The van der Waals surface area contributed by atoms with E-state index < -0.39 is 5.91 Å². The minimum absolute atomic E-state index is 0.0208. The SMILES string of the molecule is Cc1cc(Br)cc(Br)c1OCC(=O)NNC(=S)NC(=O)CCc1ccccc1. The highest BCUT2D eigenvalue weighted by atomic mass is 79.9. The number of benzene rings is 2. The largest absolute Gasteiger partial charge is 0.482 e. The standard InChI is InChI=1S/C19H19Br2N3O3S/c1-12-9-14(20)10-15(21)18(12)27-11-17(26)23-24-19(28)22-16(25)8-7-13-5-3-2-4-6-13/h2-6,9-10H,7-8,11H2,1H3,(H,23,26)(H2,22,24,25,28). The lowest BCUT2D eigenvalue weighted by Gasteiger charge is -2.13. The molecule has 0 aliphatic rings. The highest BCUT2D eigenvalue weighted by Crippen LogP contribution is 2.32. The molecule has 2 aromatic carbocycles. The minimum Gasteiger partial charge on any atom is -0.482 e. The van der Waals surface area contributed by atoms with Gasteiger partial charge in [0.05, 0.1) is 4.47 Å². The number of amides is 2. The lowest BCUT2D eigenvalue weighted by Crippen LogP contribution is -2.49. The van der Waals surface area contributed by atoms with Crippen molar-refractivity contribution in [3.8, 4) is 5.75 Å². The molecule has 148 valence electrons. The zero-order chi connectivity index (χ0) is 20.5. The van der Waals surface area contributed by atoms with Crippen LogP contribution in [0.25, 0.3) is 0 Å². The lowest BCUT2D eigenvalue weighted by molar-refractivity contribution is -0.124. The highest BCUT2D eigenvalue weighted by molar-refractivity contribution is 9.11. The summed E-state index contributed by atoms with van der Waals surface area (Å²) in [6, 6.07) is 13.4. The van der Waals surface area contributed by atoms with Crippen molar-refractivity contribution in [2.24, 2.45) is 0 Å². The smallest absolute Gasteiger partial charge is 0.276 e. The number of hydrogen-bond donors (Lipinski definition) is 3. The van der Waals surface area contributed by atoms with Gasteiger partial charge in [-0.25, -0.2) is 0 Å². The van der Waals surface area contributed by atoms with Crippen molar-refractivity contribution in [3.63, 3.8) is 0 Å². The number of carbonyl (C=O) groups is 2. The summed E-state index contributed by atoms with van der Waals surface area (Å²) in [6.45, 7) is 1.67. The van der Waals surface area contributed by atoms with E-state index in [1.165, 1.54) is 0 Å². The molecule has 3 N–H and O–H groups in total. The van der Waals surface area contributed by atoms with Gasteiger partial charge in [-0.2, -0.15) is 0 Å². The summed E-state index contributed by atoms with van der Waals surface area (Å²) >= 11 is 11.8. The van der Waals surface area contributed by atoms with E-state index in [2.05, 4.69) is 48.0 Å². The Hall–Kier alpha value is -1.97. The first kappa shape index (κ1) is 22.3. The molecule has 0 aromatic heterocycles. The maximum absolute atomic E-state index is 11.9. The predicted octanol–water partition coefficient (Wildman–Crippen LogP) is 3.55. The zero-order valence-electron chi connectivity index (χ0n) is 15.1. The molecule has 0 spiro atoms. The van der Waals surface area contributed by atoms with Crippen LogP contribution in [0.4, 0.5) is 0 Å². The van der Waals surface area contributed by atoms with E-state index in [1.54, 1.807) is 0 Å². The van der Waals surface area contributed by atoms with E-state index >= 15 is 0 Å². The van der Waals surface area contributed by atoms with Gasteiger partial charge in [0.2, 0.25) is 5.91 Å². The quantitative estimate of drug-likeness (QED) is 0.394. The second-order valence-electron chi connectivity index (χ2n) is 5.86. The van der Waals surface area contributed by atoms with Crippen LogP contribution in [-0.2, 0) is 16.0 Å². The number of rotatable bonds is 6. The number of halogens is 2. The van der Waals surface area contributed by atoms with Crippen molar-refractivity contribution in [1.29, 1.82) is 0 Å². The molecule has 0 saturated heterocycles. The molecular formula is C19H19Br2N3O3S. The Bertz CT molecular complexity index is 840. The molecule has 0 heterocycles. The zero-order valence-corrected chi connectivity index (χ0v) is 19.0. The highest BCUT2D eigenvalue weighted by Gasteiger charge is 2.10. The summed E-state index contributed by atoms with van der Waals surface area (Å²) in [4.78, 5) is 23.8. The summed E-state index contributed by atoms with van der Waals surface area (Å²) in [5.74, 6) is -0.0912. The third kappa shape index (κ3) is 7.57. The van der Waals surface area contributed by atoms with E-state index in [1.807, 2.05) is 49.4 Å². The Morgan fingerprint density at radius 3 is 2.46 bits per heavy atom. The number of nitrogens with one attached hydrogen (secondary N) is 3. The summed E-state index contributed by atoms with van der Waals surface area (Å²) in [5.41, 5.74) is 6.82. The maximum Gasteiger partial charge on any atom is 0.276 e. The third-order valence-electron chi connectivity index (χ3n) is 3.59. The van der Waals surface area contributed by atoms with Crippen LogP contribution < -0.4 is 20.9 Å². The van der Waals surface area contributed by atoms with Gasteiger partial charge in [0.25, 0.3) is 5.91 Å². The minimum atomic E-state index is -0.435. The van der Waals surface area contributed by atoms with Crippen molar-refractivity contribution in [2.75, 3.05) is 6.61 Å². The van der Waals surface area contributed by atoms with Crippen LogP contribution in [0.3, 0.4) is 0 Å². The number of thiocarbonyl (C=S) groups is 1. The van der Waals surface area contributed by atoms with Crippen LogP contribution in [0, 0.1) is 6.92 Å². The number of hydrazine groups is 1. The summed E-state index contributed by atoms with van der Waals surface area (Å²) in [6.07, 6.45) is 0.899. The van der Waals surface area contributed by atoms with Gasteiger partial charge in [-0.3, -0.25) is 20.4 Å². The average Bonchev–Trinajstić information content (AvgIpc) is 2.64. The molecular weight excluding hydrogens is 510 g/mol. The maximum atomic E-state index is 11.9. The van der Waals surface area contributed by atoms with E-state index in [9.17, 15) is 9.59 Å². The first-order valence-corrected chi connectivity index (χ1v) is 10.4. The second kappa shape index (κ2) is 11.1. The fourth-order valence-electron chi connectivity index (χ4n) is 2.29. The molecule has 9 heteroatoms. The molecule has 2 amide bonds. The molecule has 0 aliphatic carbocycles. The van der Waals surface area contributed by atoms with Crippen LogP contribution in [0.1, 0.15) is 17.5 Å². The van der Waals surface area contributed by atoms with Gasteiger partial charge in [0.15, 0.2) is 11.7 Å². The van der Waals surface area contributed by atoms with Crippen LogP contribution >= 0.6 is 44.1 Å². The van der Waals surface area contributed by atoms with Gasteiger partial charge in [-0.05, 0) is 64.8 Å². The molecule has 0 saturated carbocycles. The fourth-order valence-corrected chi connectivity index (χ4v) is 4.01. The number of hydrogen-bond acceptors (Lipinski definition) is 4. The van der Waals surface area contributed by atoms with Gasteiger partial charge in [-0.15, -0.1) is 0 Å². The normalized spacial score (nSPS) is 10.1. The Kier molecular flexibility index (Phi) is 8.88. The van der Waals surface area contributed by atoms with Crippen LogP contribution in [-0.4, -0.2) is 23.5 Å². The second-order valence-corrected chi connectivity index (χ2v) is 8.04. The first-order valence-electron chi connectivity index (χ1n) is 8.36. The topological polar surface area (TPSA) is 79.5 Å². The number of carbonyl (C=O) groups excluding carboxylic acids is 2. The van der Waals surface area contributed by atoms with Crippen LogP contribution in [0.5, 0.6) is 5.75 Å². The Morgan fingerprint density at radius 1 is 1.07 bits per heavy atom. The molecule has 6 nitrogen and oxygen atoms in total. The van der Waals surface area contributed by atoms with E-state index in [-0.39, 0.29) is 17.6 Å². The molecule has 0 atom stereocenters. The van der Waals surface area contributed by atoms with E-state index in [0.717, 1.165) is 20.1 Å². The third-order valence-corrected chi connectivity index (χ3v) is 4.84. The average molecular weight is 529 g/mol. The monoisotopic (exact) mass is 527 g/mol. The molecule has 0 aliphatic heterocycles. The van der Waals surface area contributed by atoms with Crippen molar-refractivity contribution in [2.45, 2.75) is 19.8 Å². The van der Waals surface area contributed by atoms with Crippen molar-refractivity contribution in [1.82, 2.24) is 16.2 Å². The first-order chi connectivity index (χ1) is 13.3. The Balaban J connectivity index is 1.69. The Labute approximate surface area is 185 Å². The molecule has 0 bridgehead atoms. The molecule has 28 heavy (non-hydrogen) atoms. The number of aryl methyl sites for hydroxylation is 2. The molecule has 0 unspecified atom stereocenters. The van der Waals surface area contributed by atoms with Gasteiger partial charge in [-0.1, -0.05) is 46.3 Å². The fraction of sp³-hybridized carbons (Fsp3) is 0.211. The molecule has 2 rings (SSSR count). The molecule has 2 aromatic rings. The van der Waals surface area contributed by atoms with Gasteiger partial charge >= 0.3 is 0 Å². The lowest BCUT2D eigenvalue weighted by atomic mass is 10.1. The van der Waals surface area contributed by atoms with Gasteiger partial charge in [0, 0.05) is 10.9 Å².